The van der Waals surface area contributed by atoms with Crippen LogP contribution in [0.15, 0.2) is 12.2 Å². The molecule has 0 radical (unpaired) electrons. The van der Waals surface area contributed by atoms with Crippen LogP contribution in [-0.2, 0) is 14.3 Å². The zero-order chi connectivity index (χ0) is 12.8. The molecule has 17 heavy (non-hydrogen) atoms. The highest BCUT2D eigenvalue weighted by molar-refractivity contribution is 5.86. The molecule has 4 nitrogen and oxygen atoms in total. The fourth-order valence-electron chi connectivity index (χ4n) is 2.06. The lowest BCUT2D eigenvalue weighted by molar-refractivity contribution is -0.142. The second-order valence-corrected chi connectivity index (χ2v) is 4.62. The van der Waals surface area contributed by atoms with Crippen molar-refractivity contribution in [2.75, 3.05) is 13.2 Å². The second-order valence-electron chi connectivity index (χ2n) is 4.62. The van der Waals surface area contributed by atoms with Gasteiger partial charge in [-0.15, -0.1) is 0 Å². The topological polar surface area (TPSA) is 55.8 Å². The van der Waals surface area contributed by atoms with E-state index in [0.717, 1.165) is 12.8 Å². The third-order valence-electron chi connectivity index (χ3n) is 3.04. The first-order valence-corrected chi connectivity index (χ1v) is 6.16. The molecular weight excluding hydrogens is 220 g/mol. The van der Waals surface area contributed by atoms with Crippen LogP contribution in [0, 0.1) is 5.92 Å². The molecule has 0 spiro atoms. The van der Waals surface area contributed by atoms with Gasteiger partial charge in [0, 0.05) is 12.2 Å². The highest BCUT2D eigenvalue weighted by atomic mass is 16.5. The number of aliphatic hydroxyl groups excluding tert-OH is 1. The Kier molecular flexibility index (Phi) is 5.65. The number of hydrogen-bond donors (Lipinski definition) is 1. The van der Waals surface area contributed by atoms with E-state index in [1.165, 1.54) is 0 Å². The lowest BCUT2D eigenvalue weighted by Gasteiger charge is -2.32. The van der Waals surface area contributed by atoms with E-state index in [-0.39, 0.29) is 24.1 Å². The summed E-state index contributed by atoms with van der Waals surface area (Å²) in [7, 11) is 0. The first-order valence-electron chi connectivity index (χ1n) is 6.16. The Balaban J connectivity index is 2.35. The predicted molar refractivity (Wildman–Crippen MR) is 64.5 cm³/mol. The molecule has 0 aliphatic heterocycles. The SMILES string of the molecule is C=C(C)C(=O)OCC1CCC(O)C(OCC)C1. The summed E-state index contributed by atoms with van der Waals surface area (Å²) < 4.78 is 10.6. The van der Waals surface area contributed by atoms with Gasteiger partial charge < -0.3 is 14.6 Å². The number of esters is 1. The van der Waals surface area contributed by atoms with E-state index in [1.54, 1.807) is 6.92 Å². The Morgan fingerprint density at radius 2 is 2.18 bits per heavy atom. The van der Waals surface area contributed by atoms with E-state index in [1.807, 2.05) is 6.92 Å². The highest BCUT2D eigenvalue weighted by Crippen LogP contribution is 2.27. The average Bonchev–Trinajstić information content (AvgIpc) is 2.29. The molecule has 1 aliphatic carbocycles. The van der Waals surface area contributed by atoms with E-state index in [4.69, 9.17) is 9.47 Å². The van der Waals surface area contributed by atoms with Gasteiger partial charge in [-0.1, -0.05) is 6.58 Å². The van der Waals surface area contributed by atoms with Crippen molar-refractivity contribution in [3.63, 3.8) is 0 Å². The highest BCUT2D eigenvalue weighted by Gasteiger charge is 2.30. The molecule has 1 saturated carbocycles. The van der Waals surface area contributed by atoms with Gasteiger partial charge in [0.15, 0.2) is 0 Å². The van der Waals surface area contributed by atoms with Gasteiger partial charge in [-0.25, -0.2) is 4.79 Å². The molecule has 1 fully saturated rings. The minimum Gasteiger partial charge on any atom is -0.462 e. The van der Waals surface area contributed by atoms with Crippen molar-refractivity contribution in [1.29, 1.82) is 0 Å². The van der Waals surface area contributed by atoms with Crippen LogP contribution in [0.2, 0.25) is 0 Å². The molecule has 0 aromatic rings. The molecule has 0 bridgehead atoms. The van der Waals surface area contributed by atoms with E-state index >= 15 is 0 Å². The van der Waals surface area contributed by atoms with Gasteiger partial charge in [0.2, 0.25) is 0 Å². The van der Waals surface area contributed by atoms with Crippen LogP contribution in [0.3, 0.4) is 0 Å². The van der Waals surface area contributed by atoms with Crippen molar-refractivity contribution < 1.29 is 19.4 Å². The maximum atomic E-state index is 11.3. The average molecular weight is 242 g/mol. The zero-order valence-corrected chi connectivity index (χ0v) is 10.6. The Labute approximate surface area is 103 Å². The van der Waals surface area contributed by atoms with Gasteiger partial charge in [0.05, 0.1) is 18.8 Å². The monoisotopic (exact) mass is 242 g/mol. The number of ether oxygens (including phenoxy) is 2. The zero-order valence-electron chi connectivity index (χ0n) is 10.6. The van der Waals surface area contributed by atoms with Gasteiger partial charge in [0.25, 0.3) is 0 Å². The standard InChI is InChI=1S/C13H22O4/c1-4-16-12-7-10(5-6-11(12)14)8-17-13(15)9(2)3/h10-12,14H,2,4-8H2,1,3H3. The predicted octanol–water partition coefficient (Wildman–Crippen LogP) is 1.67. The Hall–Kier alpha value is -0.870. The molecule has 1 rings (SSSR count). The number of hydrogen-bond acceptors (Lipinski definition) is 4. The molecule has 3 atom stereocenters. The van der Waals surface area contributed by atoms with E-state index in [0.29, 0.717) is 25.2 Å². The van der Waals surface area contributed by atoms with Crippen LogP contribution in [0.1, 0.15) is 33.1 Å². The van der Waals surface area contributed by atoms with Crippen molar-refractivity contribution >= 4 is 5.97 Å². The number of carbonyl (C=O) groups is 1. The van der Waals surface area contributed by atoms with E-state index in [9.17, 15) is 9.90 Å². The summed E-state index contributed by atoms with van der Waals surface area (Å²) in [5.74, 6) is -0.0673. The lowest BCUT2D eigenvalue weighted by atomic mass is 9.86. The fraction of sp³-hybridized carbons (Fsp3) is 0.769. The molecule has 0 aromatic heterocycles. The third-order valence-corrected chi connectivity index (χ3v) is 3.04. The Morgan fingerprint density at radius 3 is 2.76 bits per heavy atom. The largest absolute Gasteiger partial charge is 0.462 e. The van der Waals surface area contributed by atoms with Crippen LogP contribution < -0.4 is 0 Å². The summed E-state index contributed by atoms with van der Waals surface area (Å²) in [6.07, 6.45) is 1.82. The number of rotatable bonds is 5. The van der Waals surface area contributed by atoms with Crippen LogP contribution in [0.5, 0.6) is 0 Å². The quantitative estimate of drug-likeness (QED) is 0.588. The Bertz CT molecular complexity index is 275. The maximum absolute atomic E-state index is 11.3. The molecule has 3 unspecified atom stereocenters. The maximum Gasteiger partial charge on any atom is 0.333 e. The van der Waals surface area contributed by atoms with Crippen LogP contribution in [-0.4, -0.2) is 36.5 Å². The molecule has 1 aliphatic rings. The minimum atomic E-state index is -0.386. The molecule has 0 amide bonds. The number of carbonyl (C=O) groups excluding carboxylic acids is 1. The molecule has 4 heteroatoms. The fourth-order valence-corrected chi connectivity index (χ4v) is 2.06. The van der Waals surface area contributed by atoms with Gasteiger partial charge in [-0.05, 0) is 39.0 Å². The third kappa shape index (κ3) is 4.48. The van der Waals surface area contributed by atoms with Crippen molar-refractivity contribution in [1.82, 2.24) is 0 Å². The van der Waals surface area contributed by atoms with Gasteiger partial charge >= 0.3 is 5.97 Å². The van der Waals surface area contributed by atoms with Crippen LogP contribution >= 0.6 is 0 Å². The van der Waals surface area contributed by atoms with Gasteiger partial charge in [-0.3, -0.25) is 0 Å². The smallest absolute Gasteiger partial charge is 0.333 e. The molecule has 1 N–H and O–H groups in total. The summed E-state index contributed by atoms with van der Waals surface area (Å²) in [5.41, 5.74) is 0.419. The molecule has 0 saturated heterocycles. The number of aliphatic hydroxyl groups is 1. The Morgan fingerprint density at radius 1 is 1.47 bits per heavy atom. The summed E-state index contributed by atoms with van der Waals surface area (Å²) >= 11 is 0. The van der Waals surface area contributed by atoms with Gasteiger partial charge in [-0.2, -0.15) is 0 Å². The van der Waals surface area contributed by atoms with Crippen molar-refractivity contribution in [3.8, 4) is 0 Å². The minimum absolute atomic E-state index is 0.123. The molecule has 0 aromatic carbocycles. The summed E-state index contributed by atoms with van der Waals surface area (Å²) in [4.78, 5) is 11.3. The van der Waals surface area contributed by atoms with Crippen LogP contribution in [0.4, 0.5) is 0 Å². The lowest BCUT2D eigenvalue weighted by Crippen LogP contribution is -2.37. The first-order chi connectivity index (χ1) is 8.04. The van der Waals surface area contributed by atoms with E-state index in [2.05, 4.69) is 6.58 Å². The molecule has 98 valence electrons. The van der Waals surface area contributed by atoms with Crippen molar-refractivity contribution in [3.05, 3.63) is 12.2 Å². The normalized spacial score (nSPS) is 28.8. The van der Waals surface area contributed by atoms with Crippen LogP contribution in [0.25, 0.3) is 0 Å². The van der Waals surface area contributed by atoms with Gasteiger partial charge in [0.1, 0.15) is 0 Å². The summed E-state index contributed by atoms with van der Waals surface area (Å²) in [6.45, 7) is 8.07. The summed E-state index contributed by atoms with van der Waals surface area (Å²) in [6, 6.07) is 0. The van der Waals surface area contributed by atoms with E-state index < -0.39 is 0 Å². The van der Waals surface area contributed by atoms with Crippen molar-refractivity contribution in [2.24, 2.45) is 5.92 Å². The molecule has 0 heterocycles. The van der Waals surface area contributed by atoms with Crippen molar-refractivity contribution in [2.45, 2.75) is 45.3 Å². The molecular formula is C13H22O4. The second kappa shape index (κ2) is 6.77. The first kappa shape index (κ1) is 14.2. The summed E-state index contributed by atoms with van der Waals surface area (Å²) in [5, 5.41) is 9.74.